The van der Waals surface area contributed by atoms with Gasteiger partial charge in [0.1, 0.15) is 22.6 Å². The monoisotopic (exact) mass is 582 g/mol. The second-order valence-electron chi connectivity index (χ2n) is 10.9. The Balaban J connectivity index is 1.32. The smallest absolute Gasteiger partial charge is 0.412 e. The van der Waals surface area contributed by atoms with Crippen LogP contribution in [0.25, 0.3) is 22.0 Å². The lowest BCUT2D eigenvalue weighted by Gasteiger charge is -2.19. The largest absolute Gasteiger partial charge is 0.457 e. The van der Waals surface area contributed by atoms with Crippen molar-refractivity contribution < 1.29 is 14.3 Å². The number of benzene rings is 3. The van der Waals surface area contributed by atoms with E-state index in [0.717, 1.165) is 32.7 Å². The molecule has 3 aromatic carbocycles. The molecule has 0 aliphatic rings. The van der Waals surface area contributed by atoms with Crippen molar-refractivity contribution in [2.24, 2.45) is 7.05 Å². The van der Waals surface area contributed by atoms with Crippen LogP contribution in [0.1, 0.15) is 26.3 Å². The van der Waals surface area contributed by atoms with E-state index in [0.29, 0.717) is 29.2 Å². The molecule has 8 nitrogen and oxygen atoms in total. The molecular formula is C33H34N4O4S. The SMILES string of the molecule is CSc1ccc(Oc2cccc(NCc3ccc(NC(=O)OC(C)(C)C)cc3)c2)c(-c2cn(C)c(=O)c3[nH]ccc23)c1. The van der Waals surface area contributed by atoms with E-state index in [1.807, 2.05) is 100.0 Å². The van der Waals surface area contributed by atoms with Gasteiger partial charge in [0.15, 0.2) is 0 Å². The zero-order chi connectivity index (χ0) is 29.9. The number of aromatic amines is 1. The first-order chi connectivity index (χ1) is 20.1. The second-order valence-corrected chi connectivity index (χ2v) is 11.8. The van der Waals surface area contributed by atoms with Crippen molar-refractivity contribution in [2.45, 2.75) is 37.8 Å². The Labute approximate surface area is 249 Å². The van der Waals surface area contributed by atoms with Gasteiger partial charge < -0.3 is 24.3 Å². The van der Waals surface area contributed by atoms with Crippen LogP contribution in [0, 0.1) is 0 Å². The third-order valence-corrected chi connectivity index (χ3v) is 7.25. The van der Waals surface area contributed by atoms with Gasteiger partial charge in [-0.25, -0.2) is 4.79 Å². The van der Waals surface area contributed by atoms with Gasteiger partial charge in [0.2, 0.25) is 0 Å². The molecule has 0 radical (unpaired) electrons. The number of hydrogen-bond acceptors (Lipinski definition) is 6. The van der Waals surface area contributed by atoms with Gasteiger partial charge >= 0.3 is 6.09 Å². The van der Waals surface area contributed by atoms with Gasteiger partial charge in [-0.3, -0.25) is 10.1 Å². The average molecular weight is 583 g/mol. The normalized spacial score (nSPS) is 11.4. The van der Waals surface area contributed by atoms with Crippen LogP contribution in [-0.4, -0.2) is 27.5 Å². The molecule has 1 amide bonds. The minimum absolute atomic E-state index is 0.0741. The van der Waals surface area contributed by atoms with Crippen molar-refractivity contribution in [1.29, 1.82) is 0 Å². The van der Waals surface area contributed by atoms with Crippen LogP contribution in [0.2, 0.25) is 0 Å². The fraction of sp³-hybridized carbons (Fsp3) is 0.212. The van der Waals surface area contributed by atoms with Gasteiger partial charge in [-0.1, -0.05) is 18.2 Å². The third kappa shape index (κ3) is 6.80. The molecule has 42 heavy (non-hydrogen) atoms. The molecule has 216 valence electrons. The van der Waals surface area contributed by atoms with E-state index < -0.39 is 11.7 Å². The third-order valence-electron chi connectivity index (χ3n) is 6.53. The number of ether oxygens (including phenoxy) is 2. The summed E-state index contributed by atoms with van der Waals surface area (Å²) >= 11 is 1.65. The molecule has 5 rings (SSSR count). The van der Waals surface area contributed by atoms with Crippen molar-refractivity contribution in [3.05, 3.63) is 101 Å². The van der Waals surface area contributed by atoms with Crippen LogP contribution in [0.4, 0.5) is 16.2 Å². The van der Waals surface area contributed by atoms with Crippen LogP contribution >= 0.6 is 11.8 Å². The average Bonchev–Trinajstić information content (AvgIpc) is 3.45. The summed E-state index contributed by atoms with van der Waals surface area (Å²) in [4.78, 5) is 28.8. The van der Waals surface area contributed by atoms with Crippen LogP contribution in [-0.2, 0) is 18.3 Å². The molecule has 0 unspecified atom stereocenters. The molecule has 9 heteroatoms. The summed E-state index contributed by atoms with van der Waals surface area (Å²) in [7, 11) is 1.76. The molecular weight excluding hydrogens is 548 g/mol. The highest BCUT2D eigenvalue weighted by Crippen LogP contribution is 2.39. The molecule has 2 heterocycles. The number of H-pyrrole nitrogens is 1. The molecule has 0 aliphatic heterocycles. The van der Waals surface area contributed by atoms with Crippen LogP contribution in [0.15, 0.2) is 94.9 Å². The predicted molar refractivity (Wildman–Crippen MR) is 171 cm³/mol. The van der Waals surface area contributed by atoms with Crippen molar-refractivity contribution in [2.75, 3.05) is 16.9 Å². The lowest BCUT2D eigenvalue weighted by atomic mass is 10.0. The minimum atomic E-state index is -0.554. The van der Waals surface area contributed by atoms with Crippen LogP contribution in [0.5, 0.6) is 11.5 Å². The van der Waals surface area contributed by atoms with Crippen molar-refractivity contribution in [3.8, 4) is 22.6 Å². The van der Waals surface area contributed by atoms with Gasteiger partial charge in [0.05, 0.1) is 0 Å². The number of nitrogens with zero attached hydrogens (tertiary/aromatic N) is 1. The molecule has 0 spiro atoms. The van der Waals surface area contributed by atoms with E-state index in [1.165, 1.54) is 0 Å². The summed E-state index contributed by atoms with van der Waals surface area (Å²) in [5, 5.41) is 7.04. The molecule has 0 fully saturated rings. The Morgan fingerprint density at radius 3 is 2.50 bits per heavy atom. The number of aromatic nitrogens is 2. The second kappa shape index (κ2) is 12.1. The summed E-state index contributed by atoms with van der Waals surface area (Å²) in [6.45, 7) is 6.08. The first kappa shape index (κ1) is 28.9. The van der Waals surface area contributed by atoms with Crippen molar-refractivity contribution in [3.63, 3.8) is 0 Å². The molecule has 2 aromatic heterocycles. The maximum atomic E-state index is 12.6. The number of pyridine rings is 1. The van der Waals surface area contributed by atoms with Gasteiger partial charge in [-0.15, -0.1) is 11.8 Å². The summed E-state index contributed by atoms with van der Waals surface area (Å²) in [5.41, 5.74) is 4.38. The first-order valence-corrected chi connectivity index (χ1v) is 14.8. The number of fused-ring (bicyclic) bond motifs is 1. The summed E-state index contributed by atoms with van der Waals surface area (Å²) in [6, 6.07) is 23.4. The number of rotatable bonds is 8. The van der Waals surface area contributed by atoms with E-state index in [1.54, 1.807) is 29.6 Å². The Morgan fingerprint density at radius 2 is 1.76 bits per heavy atom. The molecule has 5 aromatic rings. The Hall–Kier alpha value is -4.63. The van der Waals surface area contributed by atoms with E-state index in [-0.39, 0.29) is 5.56 Å². The summed E-state index contributed by atoms with van der Waals surface area (Å²) < 4.78 is 13.3. The lowest BCUT2D eigenvalue weighted by molar-refractivity contribution is 0.0636. The highest BCUT2D eigenvalue weighted by molar-refractivity contribution is 7.98. The van der Waals surface area contributed by atoms with Crippen molar-refractivity contribution >= 4 is 40.1 Å². The number of carbonyl (C=O) groups is 1. The number of nitrogens with one attached hydrogen (secondary N) is 3. The molecule has 0 bridgehead atoms. The highest BCUT2D eigenvalue weighted by Gasteiger charge is 2.17. The zero-order valence-corrected chi connectivity index (χ0v) is 25.1. The molecule has 0 aliphatic carbocycles. The standard InChI is InChI=1S/C33H34N4O4S/c1-33(2,3)41-32(39)36-22-11-9-21(10-12-22)19-35-23-7-6-8-24(17-23)40-29-14-13-25(42-5)18-27(29)28-20-37(4)31(38)30-26(28)15-16-34-30/h6-18,20,34-35H,19H2,1-5H3,(H,36,39). The predicted octanol–water partition coefficient (Wildman–Crippen LogP) is 8.01. The Morgan fingerprint density at radius 1 is 0.976 bits per heavy atom. The van der Waals surface area contributed by atoms with E-state index in [9.17, 15) is 9.59 Å². The van der Waals surface area contributed by atoms with Crippen LogP contribution < -0.4 is 20.9 Å². The fourth-order valence-corrected chi connectivity index (χ4v) is 4.99. The van der Waals surface area contributed by atoms with Gasteiger partial charge in [0, 0.05) is 64.8 Å². The fourth-order valence-electron chi connectivity index (χ4n) is 4.55. The van der Waals surface area contributed by atoms with E-state index in [2.05, 4.69) is 21.7 Å². The zero-order valence-electron chi connectivity index (χ0n) is 24.3. The maximum Gasteiger partial charge on any atom is 0.412 e. The summed E-state index contributed by atoms with van der Waals surface area (Å²) in [5.74, 6) is 1.38. The van der Waals surface area contributed by atoms with Crippen molar-refractivity contribution in [1.82, 2.24) is 9.55 Å². The maximum absolute atomic E-state index is 12.6. The number of anilines is 2. The van der Waals surface area contributed by atoms with Gasteiger partial charge in [-0.2, -0.15) is 0 Å². The first-order valence-electron chi connectivity index (χ1n) is 13.6. The number of aryl methyl sites for hydroxylation is 1. The number of carbonyl (C=O) groups excluding carboxylic acids is 1. The number of hydrogen-bond donors (Lipinski definition) is 3. The topological polar surface area (TPSA) is 97.4 Å². The molecule has 3 N–H and O–H groups in total. The van der Waals surface area contributed by atoms with E-state index in [4.69, 9.17) is 9.47 Å². The number of thioether (sulfide) groups is 1. The Kier molecular flexibility index (Phi) is 8.31. The summed E-state index contributed by atoms with van der Waals surface area (Å²) in [6.07, 6.45) is 5.20. The molecule has 0 atom stereocenters. The van der Waals surface area contributed by atoms with Gasteiger partial charge in [-0.05, 0) is 81.1 Å². The highest BCUT2D eigenvalue weighted by atomic mass is 32.2. The van der Waals surface area contributed by atoms with E-state index >= 15 is 0 Å². The van der Waals surface area contributed by atoms with Gasteiger partial charge in [0.25, 0.3) is 5.56 Å². The molecule has 0 saturated carbocycles. The number of amides is 1. The quantitative estimate of drug-likeness (QED) is 0.160. The minimum Gasteiger partial charge on any atom is -0.457 e. The van der Waals surface area contributed by atoms with Crippen LogP contribution in [0.3, 0.4) is 0 Å². The molecule has 0 saturated heterocycles. The Bertz CT molecular complexity index is 1790. The lowest BCUT2D eigenvalue weighted by Crippen LogP contribution is -2.27.